The molecule has 0 atom stereocenters. The molecular formula is C20H21N3O4S. The average molecular weight is 399 g/mol. The molecule has 2 aromatic heterocycles. The van der Waals surface area contributed by atoms with Crippen LogP contribution in [-0.2, 0) is 22.6 Å². The number of hydrogen-bond acceptors (Lipinski definition) is 6. The third kappa shape index (κ3) is 4.64. The summed E-state index contributed by atoms with van der Waals surface area (Å²) in [6.45, 7) is 2.51. The van der Waals surface area contributed by atoms with Crippen molar-refractivity contribution in [3.8, 4) is 0 Å². The van der Waals surface area contributed by atoms with Gasteiger partial charge in [-0.15, -0.1) is 11.3 Å². The zero-order chi connectivity index (χ0) is 19.9. The predicted molar refractivity (Wildman–Crippen MR) is 107 cm³/mol. The Labute approximate surface area is 166 Å². The van der Waals surface area contributed by atoms with Gasteiger partial charge in [0, 0.05) is 11.9 Å². The summed E-state index contributed by atoms with van der Waals surface area (Å²) >= 11 is 1.20. The van der Waals surface area contributed by atoms with E-state index in [0.717, 1.165) is 18.4 Å². The molecule has 146 valence electrons. The van der Waals surface area contributed by atoms with Crippen LogP contribution in [0.15, 0.2) is 46.8 Å². The van der Waals surface area contributed by atoms with Crippen molar-refractivity contribution >= 4 is 33.4 Å². The van der Waals surface area contributed by atoms with E-state index in [9.17, 15) is 14.4 Å². The Morgan fingerprint density at radius 2 is 2.04 bits per heavy atom. The summed E-state index contributed by atoms with van der Waals surface area (Å²) in [5.74, 6) is -0.848. The van der Waals surface area contributed by atoms with Crippen molar-refractivity contribution in [2.45, 2.75) is 32.9 Å². The van der Waals surface area contributed by atoms with E-state index >= 15 is 0 Å². The first-order chi connectivity index (χ1) is 13.6. The number of nitrogens with one attached hydrogen (secondary N) is 1. The molecule has 7 nitrogen and oxygen atoms in total. The molecule has 0 saturated heterocycles. The van der Waals surface area contributed by atoms with Gasteiger partial charge in [0.25, 0.3) is 5.56 Å². The number of unbranched alkanes of at least 4 members (excludes halogenated alkanes) is 1. The van der Waals surface area contributed by atoms with Crippen LogP contribution in [-0.4, -0.2) is 28.0 Å². The monoisotopic (exact) mass is 399 g/mol. The Morgan fingerprint density at radius 1 is 1.25 bits per heavy atom. The molecule has 1 amide bonds. The summed E-state index contributed by atoms with van der Waals surface area (Å²) in [5, 5.41) is 4.55. The Hall–Kier alpha value is -3.00. The average Bonchev–Trinajstić information content (AvgIpc) is 3.14. The third-order valence-electron chi connectivity index (χ3n) is 4.16. The minimum absolute atomic E-state index is 0.172. The maximum absolute atomic E-state index is 12.8. The zero-order valence-corrected chi connectivity index (χ0v) is 16.3. The zero-order valence-electron chi connectivity index (χ0n) is 15.5. The predicted octanol–water partition coefficient (Wildman–Crippen LogP) is 2.73. The Morgan fingerprint density at radius 3 is 2.79 bits per heavy atom. The number of nitrogens with zero attached hydrogens (tertiary/aromatic N) is 2. The number of benzene rings is 1. The van der Waals surface area contributed by atoms with E-state index in [0.29, 0.717) is 18.0 Å². The van der Waals surface area contributed by atoms with Crippen molar-refractivity contribution in [1.82, 2.24) is 14.9 Å². The van der Waals surface area contributed by atoms with Gasteiger partial charge in [-0.2, -0.15) is 0 Å². The lowest BCUT2D eigenvalue weighted by atomic mass is 10.2. The minimum atomic E-state index is -0.537. The fourth-order valence-corrected chi connectivity index (χ4v) is 3.49. The first-order valence-corrected chi connectivity index (χ1v) is 9.92. The van der Waals surface area contributed by atoms with Gasteiger partial charge >= 0.3 is 5.97 Å². The Bertz CT molecular complexity index is 1030. The highest BCUT2D eigenvalue weighted by Gasteiger charge is 2.19. The molecule has 8 heteroatoms. The summed E-state index contributed by atoms with van der Waals surface area (Å²) in [6.07, 6.45) is 3.00. The number of fused-ring (bicyclic) bond motifs is 1. The van der Waals surface area contributed by atoms with Crippen molar-refractivity contribution < 1.29 is 14.3 Å². The Kier molecular flexibility index (Phi) is 6.54. The third-order valence-corrected chi connectivity index (χ3v) is 5.04. The number of carbonyl (C=O) groups excluding carboxylic acids is 2. The van der Waals surface area contributed by atoms with Gasteiger partial charge in [0.1, 0.15) is 11.4 Å². The smallest absolute Gasteiger partial charge is 0.339 e. The van der Waals surface area contributed by atoms with Crippen LogP contribution in [0.5, 0.6) is 0 Å². The van der Waals surface area contributed by atoms with Crippen LogP contribution in [0.3, 0.4) is 0 Å². The number of esters is 1. The molecule has 0 saturated carbocycles. The maximum atomic E-state index is 12.8. The van der Waals surface area contributed by atoms with E-state index in [1.807, 2.05) is 37.3 Å². The number of thiophene rings is 1. The van der Waals surface area contributed by atoms with Gasteiger partial charge in [-0.25, -0.2) is 9.78 Å². The lowest BCUT2D eigenvalue weighted by Gasteiger charge is -2.08. The van der Waals surface area contributed by atoms with Gasteiger partial charge in [0.15, 0.2) is 0 Å². The van der Waals surface area contributed by atoms with Gasteiger partial charge in [0.2, 0.25) is 5.91 Å². The van der Waals surface area contributed by atoms with Crippen molar-refractivity contribution in [3.05, 3.63) is 63.5 Å². The number of aromatic nitrogens is 2. The summed E-state index contributed by atoms with van der Waals surface area (Å²) < 4.78 is 6.42. The fourth-order valence-electron chi connectivity index (χ4n) is 2.62. The molecule has 1 aromatic carbocycles. The molecule has 3 rings (SSSR count). The highest BCUT2D eigenvalue weighted by Crippen LogP contribution is 2.21. The number of rotatable bonds is 8. The highest BCUT2D eigenvalue weighted by atomic mass is 32.1. The molecule has 2 heterocycles. The van der Waals surface area contributed by atoms with Crippen LogP contribution in [0, 0.1) is 0 Å². The van der Waals surface area contributed by atoms with Crippen LogP contribution in [0.25, 0.3) is 10.2 Å². The van der Waals surface area contributed by atoms with Crippen LogP contribution < -0.4 is 10.9 Å². The second-order valence-electron chi connectivity index (χ2n) is 6.26. The van der Waals surface area contributed by atoms with E-state index in [1.54, 1.807) is 5.38 Å². The topological polar surface area (TPSA) is 90.3 Å². The molecule has 28 heavy (non-hydrogen) atoms. The summed E-state index contributed by atoms with van der Waals surface area (Å²) in [4.78, 5) is 41.9. The molecule has 0 bridgehead atoms. The lowest BCUT2D eigenvalue weighted by molar-refractivity contribution is -0.121. The summed E-state index contributed by atoms with van der Waals surface area (Å²) in [7, 11) is 0. The molecule has 0 spiro atoms. The number of carbonyl (C=O) groups is 2. The number of amides is 1. The van der Waals surface area contributed by atoms with E-state index in [-0.39, 0.29) is 23.4 Å². The maximum Gasteiger partial charge on any atom is 0.339 e. The van der Waals surface area contributed by atoms with Gasteiger partial charge in [-0.05, 0) is 12.0 Å². The van der Waals surface area contributed by atoms with Crippen LogP contribution in [0.2, 0.25) is 0 Å². The summed E-state index contributed by atoms with van der Waals surface area (Å²) in [5.41, 5.74) is 0.739. The highest BCUT2D eigenvalue weighted by molar-refractivity contribution is 7.17. The lowest BCUT2D eigenvalue weighted by Crippen LogP contribution is -2.32. The van der Waals surface area contributed by atoms with Crippen molar-refractivity contribution in [3.63, 3.8) is 0 Å². The summed E-state index contributed by atoms with van der Waals surface area (Å²) in [6, 6.07) is 9.49. The minimum Gasteiger partial charge on any atom is -0.462 e. The van der Waals surface area contributed by atoms with Gasteiger partial charge in [0.05, 0.1) is 23.9 Å². The number of hydrogen-bond donors (Lipinski definition) is 1. The van der Waals surface area contributed by atoms with Crippen LogP contribution >= 0.6 is 11.3 Å². The molecule has 0 radical (unpaired) electrons. The molecule has 0 unspecified atom stereocenters. The molecule has 3 aromatic rings. The van der Waals surface area contributed by atoms with Gasteiger partial charge in [-0.3, -0.25) is 14.2 Å². The molecule has 0 aliphatic carbocycles. The van der Waals surface area contributed by atoms with E-state index in [1.165, 1.54) is 22.2 Å². The van der Waals surface area contributed by atoms with E-state index in [4.69, 9.17) is 4.74 Å². The largest absolute Gasteiger partial charge is 0.462 e. The standard InChI is InChI=1S/C20H21N3O4S/c1-2-3-9-27-20(26)15-12-28-18-17(15)19(25)23(13-22-18)11-16(24)21-10-14-7-5-4-6-8-14/h4-8,12-13H,2-3,9-11H2,1H3,(H,21,24). The van der Waals surface area contributed by atoms with Crippen LogP contribution in [0.4, 0.5) is 0 Å². The molecule has 0 aliphatic heterocycles. The van der Waals surface area contributed by atoms with Crippen LogP contribution in [0.1, 0.15) is 35.7 Å². The van der Waals surface area contributed by atoms with E-state index < -0.39 is 11.5 Å². The normalized spacial score (nSPS) is 10.8. The fraction of sp³-hybridized carbons (Fsp3) is 0.300. The molecule has 0 fully saturated rings. The Balaban J connectivity index is 1.74. The van der Waals surface area contributed by atoms with E-state index in [2.05, 4.69) is 10.3 Å². The van der Waals surface area contributed by atoms with Gasteiger partial charge < -0.3 is 10.1 Å². The van der Waals surface area contributed by atoms with Crippen molar-refractivity contribution in [1.29, 1.82) is 0 Å². The molecule has 1 N–H and O–H groups in total. The second kappa shape index (κ2) is 9.27. The molecular weight excluding hydrogens is 378 g/mol. The van der Waals surface area contributed by atoms with Crippen molar-refractivity contribution in [2.24, 2.45) is 0 Å². The number of ether oxygens (including phenoxy) is 1. The van der Waals surface area contributed by atoms with Crippen molar-refractivity contribution in [2.75, 3.05) is 6.61 Å². The quantitative estimate of drug-likeness (QED) is 0.465. The van der Waals surface area contributed by atoms with Gasteiger partial charge in [-0.1, -0.05) is 43.7 Å². The first-order valence-electron chi connectivity index (χ1n) is 9.04. The SMILES string of the molecule is CCCCOC(=O)c1csc2ncn(CC(=O)NCc3ccccc3)c(=O)c12. The first kappa shape index (κ1) is 19.8. The molecule has 0 aliphatic rings. The second-order valence-corrected chi connectivity index (χ2v) is 7.12.